The molecule has 2 aromatic carbocycles. The van der Waals surface area contributed by atoms with Crippen LogP contribution in [0.1, 0.15) is 32.5 Å². The largest absolute Gasteiger partial charge is 0.477 e. The van der Waals surface area contributed by atoms with Crippen LogP contribution in [0.4, 0.5) is 5.69 Å². The number of nitrogens with one attached hydrogen (secondary N) is 1. The normalized spacial score (nSPS) is 11.1. The maximum absolute atomic E-state index is 12.8. The number of sulfonamides is 1. The van der Waals surface area contributed by atoms with E-state index in [0.717, 1.165) is 11.3 Å². The average molecular weight is 446 g/mol. The summed E-state index contributed by atoms with van der Waals surface area (Å²) in [4.78, 5) is 24.3. The lowest BCUT2D eigenvalue weighted by molar-refractivity contribution is 0.0526. The number of benzene rings is 2. The maximum Gasteiger partial charge on any atom is 0.348 e. The van der Waals surface area contributed by atoms with Crippen LogP contribution in [-0.4, -0.2) is 32.1 Å². The van der Waals surface area contributed by atoms with E-state index in [1.165, 1.54) is 12.1 Å². The van der Waals surface area contributed by atoms with E-state index in [9.17, 15) is 23.1 Å². The molecule has 0 saturated carbocycles. The number of aryl methyl sites for hydroxylation is 1. The van der Waals surface area contributed by atoms with Crippen molar-refractivity contribution in [2.75, 3.05) is 11.3 Å². The summed E-state index contributed by atoms with van der Waals surface area (Å²) in [5.74, 6) is -1.82. The first-order valence-electron chi connectivity index (χ1n) is 8.96. The lowest BCUT2D eigenvalue weighted by Gasteiger charge is -2.09. The maximum atomic E-state index is 12.8. The third-order valence-electron chi connectivity index (χ3n) is 4.24. The lowest BCUT2D eigenvalue weighted by atomic mass is 10.1. The van der Waals surface area contributed by atoms with Crippen LogP contribution in [0.25, 0.3) is 10.4 Å². The first kappa shape index (κ1) is 21.5. The van der Waals surface area contributed by atoms with Gasteiger partial charge in [-0.05, 0) is 37.6 Å². The van der Waals surface area contributed by atoms with Crippen molar-refractivity contribution in [2.45, 2.75) is 18.7 Å². The fourth-order valence-corrected chi connectivity index (χ4v) is 5.27. The average Bonchev–Trinajstić information content (AvgIpc) is 3.11. The number of rotatable bonds is 7. The molecule has 7 nitrogen and oxygen atoms in total. The molecule has 1 aromatic heterocycles. The zero-order valence-electron chi connectivity index (χ0n) is 16.2. The molecular weight excluding hydrogens is 426 g/mol. The third kappa shape index (κ3) is 4.37. The highest BCUT2D eigenvalue weighted by Gasteiger charge is 2.24. The van der Waals surface area contributed by atoms with E-state index in [1.807, 2.05) is 0 Å². The Morgan fingerprint density at radius 1 is 1.10 bits per heavy atom. The highest BCUT2D eigenvalue weighted by Crippen LogP contribution is 2.37. The van der Waals surface area contributed by atoms with Gasteiger partial charge in [-0.15, -0.1) is 11.3 Å². The van der Waals surface area contributed by atoms with E-state index in [2.05, 4.69) is 4.72 Å². The summed E-state index contributed by atoms with van der Waals surface area (Å²) in [6.45, 7) is 3.54. The topological polar surface area (TPSA) is 110 Å². The van der Waals surface area contributed by atoms with E-state index in [-0.39, 0.29) is 27.6 Å². The van der Waals surface area contributed by atoms with E-state index >= 15 is 0 Å². The highest BCUT2D eigenvalue weighted by atomic mass is 32.2. The van der Waals surface area contributed by atoms with Crippen molar-refractivity contribution in [3.05, 3.63) is 70.6 Å². The summed E-state index contributed by atoms with van der Waals surface area (Å²) in [6, 6.07) is 14.4. The molecule has 0 amide bonds. The number of thiophene rings is 1. The molecular formula is C21H19NO6S2. The summed E-state index contributed by atoms with van der Waals surface area (Å²) in [5.41, 5.74) is 1.20. The number of ether oxygens (including phenoxy) is 1. The molecule has 30 heavy (non-hydrogen) atoms. The molecule has 0 aliphatic rings. The molecule has 3 rings (SSSR count). The summed E-state index contributed by atoms with van der Waals surface area (Å²) in [7, 11) is -4.00. The Labute approximate surface area is 178 Å². The Kier molecular flexibility index (Phi) is 6.23. The number of anilines is 1. The lowest BCUT2D eigenvalue weighted by Crippen LogP contribution is -2.15. The van der Waals surface area contributed by atoms with Gasteiger partial charge >= 0.3 is 11.9 Å². The van der Waals surface area contributed by atoms with Crippen molar-refractivity contribution in [2.24, 2.45) is 0 Å². The highest BCUT2D eigenvalue weighted by molar-refractivity contribution is 7.92. The molecule has 0 aliphatic carbocycles. The Balaban J connectivity index is 2.07. The molecule has 1 heterocycles. The van der Waals surface area contributed by atoms with Gasteiger partial charge < -0.3 is 9.84 Å². The number of carboxylic acid groups (broad SMARTS) is 1. The first-order chi connectivity index (χ1) is 14.2. The predicted molar refractivity (Wildman–Crippen MR) is 115 cm³/mol. The summed E-state index contributed by atoms with van der Waals surface area (Å²) < 4.78 is 33.1. The molecule has 0 atom stereocenters. The van der Waals surface area contributed by atoms with Gasteiger partial charge in [0.15, 0.2) is 0 Å². The summed E-state index contributed by atoms with van der Waals surface area (Å²) in [6.07, 6.45) is 0. The van der Waals surface area contributed by atoms with Crippen molar-refractivity contribution >= 4 is 39.0 Å². The van der Waals surface area contributed by atoms with Crippen LogP contribution in [0.5, 0.6) is 0 Å². The van der Waals surface area contributed by atoms with Crippen LogP contribution in [0.2, 0.25) is 0 Å². The molecule has 0 unspecified atom stereocenters. The third-order valence-corrected chi connectivity index (χ3v) is 6.92. The first-order valence-corrected chi connectivity index (χ1v) is 11.3. The van der Waals surface area contributed by atoms with Gasteiger partial charge in [0.2, 0.25) is 0 Å². The minimum atomic E-state index is -4.00. The minimum absolute atomic E-state index is 0.0565. The van der Waals surface area contributed by atoms with Gasteiger partial charge in [-0.2, -0.15) is 0 Å². The standard InChI is InChI=1S/C21H19NO6S2/c1-3-28-21(25)15-10-6-5-9-14(15)17-12-16(19(29-17)20(23)24)22-30(26,27)18-11-7-4-8-13(18)2/h4-12,22H,3H2,1-2H3,(H,23,24). The number of carboxylic acids is 1. The van der Waals surface area contributed by atoms with Gasteiger partial charge in [0.05, 0.1) is 22.8 Å². The van der Waals surface area contributed by atoms with Gasteiger partial charge in [0.1, 0.15) is 4.88 Å². The minimum Gasteiger partial charge on any atom is -0.477 e. The van der Waals surface area contributed by atoms with Crippen molar-refractivity contribution in [1.82, 2.24) is 0 Å². The zero-order chi connectivity index (χ0) is 21.9. The smallest absolute Gasteiger partial charge is 0.348 e. The zero-order valence-corrected chi connectivity index (χ0v) is 17.8. The Bertz CT molecular complexity index is 1210. The van der Waals surface area contributed by atoms with Gasteiger partial charge in [0.25, 0.3) is 10.0 Å². The second kappa shape index (κ2) is 8.68. The van der Waals surface area contributed by atoms with Gasteiger partial charge in [0, 0.05) is 10.4 Å². The summed E-state index contributed by atoms with van der Waals surface area (Å²) >= 11 is 0.876. The predicted octanol–water partition coefficient (Wildman–Crippen LogP) is 4.40. The SMILES string of the molecule is CCOC(=O)c1ccccc1-c1cc(NS(=O)(=O)c2ccccc2C)c(C(=O)O)s1. The quantitative estimate of drug-likeness (QED) is 0.522. The molecule has 3 aromatic rings. The number of carbonyl (C=O) groups is 2. The van der Waals surface area contributed by atoms with Crippen molar-refractivity contribution < 1.29 is 27.9 Å². The molecule has 156 valence electrons. The molecule has 0 bridgehead atoms. The molecule has 2 N–H and O–H groups in total. The number of esters is 1. The second-order valence-electron chi connectivity index (χ2n) is 6.30. The molecule has 0 spiro atoms. The molecule has 0 fully saturated rings. The Morgan fingerprint density at radius 3 is 2.43 bits per heavy atom. The van der Waals surface area contributed by atoms with Crippen LogP contribution < -0.4 is 4.72 Å². The second-order valence-corrected chi connectivity index (χ2v) is 9.00. The number of hydrogen-bond donors (Lipinski definition) is 2. The van der Waals surface area contributed by atoms with E-state index in [0.29, 0.717) is 16.0 Å². The monoisotopic (exact) mass is 445 g/mol. The van der Waals surface area contributed by atoms with Gasteiger partial charge in [-0.3, -0.25) is 4.72 Å². The van der Waals surface area contributed by atoms with Crippen LogP contribution in [0.15, 0.2) is 59.5 Å². The Hall–Kier alpha value is -3.17. The fourth-order valence-electron chi connectivity index (χ4n) is 2.90. The fraction of sp³-hybridized carbons (Fsp3) is 0.143. The number of aromatic carboxylic acids is 1. The van der Waals surface area contributed by atoms with Crippen LogP contribution >= 0.6 is 11.3 Å². The molecule has 0 aliphatic heterocycles. The summed E-state index contributed by atoms with van der Waals surface area (Å²) in [5, 5.41) is 9.59. The molecule has 9 heteroatoms. The Morgan fingerprint density at radius 2 is 1.77 bits per heavy atom. The van der Waals surface area contributed by atoms with E-state index < -0.39 is 22.0 Å². The van der Waals surface area contributed by atoms with E-state index in [4.69, 9.17) is 4.74 Å². The van der Waals surface area contributed by atoms with Crippen LogP contribution in [0.3, 0.4) is 0 Å². The van der Waals surface area contributed by atoms with Crippen LogP contribution in [0, 0.1) is 6.92 Å². The number of hydrogen-bond acceptors (Lipinski definition) is 6. The van der Waals surface area contributed by atoms with Gasteiger partial charge in [-0.1, -0.05) is 36.4 Å². The van der Waals surface area contributed by atoms with Crippen molar-refractivity contribution in [3.8, 4) is 10.4 Å². The molecule has 0 radical (unpaired) electrons. The van der Waals surface area contributed by atoms with Crippen LogP contribution in [-0.2, 0) is 14.8 Å². The number of carbonyl (C=O) groups excluding carboxylic acids is 1. The molecule has 0 saturated heterocycles. The van der Waals surface area contributed by atoms with E-state index in [1.54, 1.807) is 56.3 Å². The van der Waals surface area contributed by atoms with Gasteiger partial charge in [-0.25, -0.2) is 18.0 Å². The van der Waals surface area contributed by atoms with Crippen molar-refractivity contribution in [1.29, 1.82) is 0 Å². The van der Waals surface area contributed by atoms with Crippen molar-refractivity contribution in [3.63, 3.8) is 0 Å².